The summed E-state index contributed by atoms with van der Waals surface area (Å²) in [6.07, 6.45) is 5.26. The number of nitrogen functional groups attached to an aromatic ring is 1. The molecule has 2 fully saturated rings. The van der Waals surface area contributed by atoms with Gasteiger partial charge in [0, 0.05) is 37.6 Å². The fourth-order valence-corrected chi connectivity index (χ4v) is 7.05. The summed E-state index contributed by atoms with van der Waals surface area (Å²) < 4.78 is 31.2. The molecular formula is C24H28N6O6S2. The second kappa shape index (κ2) is 10.6. The van der Waals surface area contributed by atoms with E-state index in [2.05, 4.69) is 14.9 Å². The van der Waals surface area contributed by atoms with Crippen LogP contribution >= 0.6 is 11.3 Å². The average molecular weight is 561 g/mol. The number of pyridine rings is 1. The number of nitrogens with two attached hydrogens (primary N) is 1. The highest BCUT2D eigenvalue weighted by molar-refractivity contribution is 7.74. The second-order valence-electron chi connectivity index (χ2n) is 9.23. The quantitative estimate of drug-likeness (QED) is 0.328. The molecule has 14 heteroatoms. The van der Waals surface area contributed by atoms with Gasteiger partial charge in [-0.1, -0.05) is 11.3 Å². The summed E-state index contributed by atoms with van der Waals surface area (Å²) in [7, 11) is -1.69. The van der Waals surface area contributed by atoms with Crippen molar-refractivity contribution in [3.05, 3.63) is 36.2 Å². The Labute approximate surface area is 224 Å². The number of amides is 1. The fourth-order valence-electron chi connectivity index (χ4n) is 5.15. The summed E-state index contributed by atoms with van der Waals surface area (Å²) in [5.74, 6) is -0.999. The van der Waals surface area contributed by atoms with Gasteiger partial charge in [-0.05, 0) is 48.4 Å². The molecule has 0 spiro atoms. The highest BCUT2D eigenvalue weighted by atomic mass is 32.2. The molecule has 4 heterocycles. The van der Waals surface area contributed by atoms with Crippen molar-refractivity contribution in [1.82, 2.24) is 14.9 Å². The smallest absolute Gasteiger partial charge is 0.326 e. The van der Waals surface area contributed by atoms with Crippen molar-refractivity contribution < 1.29 is 27.9 Å². The van der Waals surface area contributed by atoms with E-state index >= 15 is 0 Å². The van der Waals surface area contributed by atoms with E-state index < -0.39 is 34.9 Å². The number of methoxy groups -OCH3 is 1. The minimum atomic E-state index is -3.16. The van der Waals surface area contributed by atoms with E-state index in [1.165, 1.54) is 29.5 Å². The molecule has 2 aliphatic rings. The molecule has 2 atom stereocenters. The molecule has 3 N–H and O–H groups in total. The van der Waals surface area contributed by atoms with E-state index in [-0.39, 0.29) is 19.4 Å². The number of carboxylic acids is 1. The van der Waals surface area contributed by atoms with Gasteiger partial charge in [0.05, 0.1) is 13.3 Å². The molecule has 0 saturated carbocycles. The number of aliphatic carboxylic acids is 1. The average Bonchev–Trinajstić information content (AvgIpc) is 3.65. The van der Waals surface area contributed by atoms with Crippen LogP contribution in [-0.2, 0) is 26.9 Å². The van der Waals surface area contributed by atoms with Crippen LogP contribution in [0.3, 0.4) is 0 Å². The number of thiazole rings is 1. The first-order valence-electron chi connectivity index (χ1n) is 12.2. The van der Waals surface area contributed by atoms with Crippen LogP contribution in [-0.4, -0.2) is 79.1 Å². The monoisotopic (exact) mass is 560 g/mol. The molecule has 0 radical (unpaired) electrons. The number of hydrogen-bond acceptors (Lipinski definition) is 10. The zero-order valence-electron chi connectivity index (χ0n) is 20.6. The molecule has 2 aliphatic heterocycles. The summed E-state index contributed by atoms with van der Waals surface area (Å²) in [5.41, 5.74) is 6.56. The van der Waals surface area contributed by atoms with Crippen molar-refractivity contribution in [3.63, 3.8) is 0 Å². The van der Waals surface area contributed by atoms with Crippen LogP contribution in [0, 0.1) is 0 Å². The molecule has 12 nitrogen and oxygen atoms in total. The Hall–Kier alpha value is -3.65. The van der Waals surface area contributed by atoms with Crippen molar-refractivity contribution in [2.45, 2.75) is 37.8 Å². The lowest BCUT2D eigenvalue weighted by atomic mass is 10.00. The number of hydrogen-bond donors (Lipinski definition) is 3. The molecule has 0 bridgehead atoms. The minimum absolute atomic E-state index is 0.0295. The van der Waals surface area contributed by atoms with Gasteiger partial charge in [0.1, 0.15) is 28.7 Å². The number of fused-ring (bicyclic) bond motifs is 1. The third-order valence-electron chi connectivity index (χ3n) is 7.04. The van der Waals surface area contributed by atoms with Crippen LogP contribution in [0.25, 0.3) is 10.8 Å². The number of carbonyl (C=O) groups excluding carboxylic acids is 1. The third-order valence-corrected chi connectivity index (χ3v) is 9.08. The summed E-state index contributed by atoms with van der Waals surface area (Å²) in [5, 5.41) is 12.6. The van der Waals surface area contributed by atoms with Gasteiger partial charge in [0.15, 0.2) is 5.13 Å². The van der Waals surface area contributed by atoms with E-state index in [1.54, 1.807) is 24.4 Å². The molecule has 1 aromatic carbocycles. The van der Waals surface area contributed by atoms with Crippen LogP contribution < -0.4 is 19.7 Å². The zero-order valence-corrected chi connectivity index (χ0v) is 22.4. The predicted molar refractivity (Wildman–Crippen MR) is 144 cm³/mol. The van der Waals surface area contributed by atoms with Crippen LogP contribution in [0.2, 0.25) is 0 Å². The first-order valence-corrected chi connectivity index (χ1v) is 14.1. The number of aromatic nitrogens is 2. The van der Waals surface area contributed by atoms with E-state index in [0.29, 0.717) is 32.6 Å². The molecule has 5 rings (SSSR count). The molecule has 0 aliphatic carbocycles. The number of benzene rings is 1. The van der Waals surface area contributed by atoms with Crippen LogP contribution in [0.15, 0.2) is 30.6 Å². The number of rotatable bonds is 9. The lowest BCUT2D eigenvalue weighted by molar-refractivity contribution is -0.148. The lowest BCUT2D eigenvalue weighted by Gasteiger charge is -2.27. The number of nitrogens with zero attached hydrogens (tertiary/aromatic N) is 5. The Kier molecular flexibility index (Phi) is 7.25. The molecule has 38 heavy (non-hydrogen) atoms. The van der Waals surface area contributed by atoms with Crippen molar-refractivity contribution in [2.75, 3.05) is 41.7 Å². The van der Waals surface area contributed by atoms with Crippen LogP contribution in [0.5, 0.6) is 5.75 Å². The third kappa shape index (κ3) is 4.80. The van der Waals surface area contributed by atoms with Gasteiger partial charge in [-0.2, -0.15) is 0 Å². The van der Waals surface area contributed by atoms with Gasteiger partial charge in [0.2, 0.25) is 16.8 Å². The van der Waals surface area contributed by atoms with Crippen molar-refractivity contribution in [2.24, 2.45) is 0 Å². The molecule has 3 aromatic rings. The van der Waals surface area contributed by atoms with Gasteiger partial charge in [-0.25, -0.2) is 27.5 Å². The standard InChI is InChI=1S/C24H28N6O6S2/c1-36-19-12-16-14(4-6-26-21(16)25)10-15(19)11-18(23(32)33)29-9-5-17(22(29)31)30(38(34)35)20-13-27-24(37-20)28-7-2-3-8-28/h4,6,10,12-13,17-18,38H,2-3,5,7-9,11H2,1H3,(H2,25,26)(H,32,33)/t17-,18+/m0/s1. The maximum Gasteiger partial charge on any atom is 0.326 e. The van der Waals surface area contributed by atoms with Crippen LogP contribution in [0.4, 0.5) is 16.0 Å². The SMILES string of the molecule is COc1cc2c(N)nccc2cc1C[C@H](C(=O)O)N1CC[C@H](N(c2cnc(N3CCCC3)s2)[SH](=O)=O)C1=O. The Balaban J connectivity index is 1.41. The molecule has 202 valence electrons. The summed E-state index contributed by atoms with van der Waals surface area (Å²) in [6, 6.07) is 2.99. The van der Waals surface area contributed by atoms with Gasteiger partial charge in [-0.3, -0.25) is 4.79 Å². The molecule has 1 amide bonds. The first-order chi connectivity index (χ1) is 18.3. The normalized spacial score (nSPS) is 18.5. The Morgan fingerprint density at radius 2 is 2.05 bits per heavy atom. The second-order valence-corrected chi connectivity index (χ2v) is 11.1. The highest BCUT2D eigenvalue weighted by Gasteiger charge is 2.43. The van der Waals surface area contributed by atoms with Gasteiger partial charge in [0.25, 0.3) is 0 Å². The van der Waals surface area contributed by atoms with E-state index in [0.717, 1.165) is 35.6 Å². The van der Waals surface area contributed by atoms with E-state index in [4.69, 9.17) is 10.5 Å². The van der Waals surface area contributed by atoms with E-state index in [9.17, 15) is 23.1 Å². The van der Waals surface area contributed by atoms with Crippen molar-refractivity contribution in [1.29, 1.82) is 0 Å². The Morgan fingerprint density at radius 3 is 2.74 bits per heavy atom. The van der Waals surface area contributed by atoms with Crippen molar-refractivity contribution in [3.8, 4) is 5.75 Å². The van der Waals surface area contributed by atoms with Crippen molar-refractivity contribution >= 4 is 60.8 Å². The molecular weight excluding hydrogens is 532 g/mol. The predicted octanol–water partition coefficient (Wildman–Crippen LogP) is 1.51. The van der Waals surface area contributed by atoms with Gasteiger partial charge in [-0.15, -0.1) is 0 Å². The number of anilines is 3. The number of likely N-dealkylation sites (tertiary alicyclic amines) is 1. The van der Waals surface area contributed by atoms with E-state index in [1.807, 2.05) is 0 Å². The topological polar surface area (TPSA) is 159 Å². The molecule has 2 aromatic heterocycles. The number of ether oxygens (including phenoxy) is 1. The lowest BCUT2D eigenvalue weighted by Crippen LogP contribution is -2.48. The number of thiol groups is 1. The number of carboxylic acid groups (broad SMARTS) is 1. The summed E-state index contributed by atoms with van der Waals surface area (Å²) >= 11 is 1.22. The zero-order chi connectivity index (χ0) is 27.0. The number of carbonyl (C=O) groups is 2. The summed E-state index contributed by atoms with van der Waals surface area (Å²) in [6.45, 7) is 1.81. The Morgan fingerprint density at radius 1 is 1.29 bits per heavy atom. The Bertz CT molecular complexity index is 1450. The minimum Gasteiger partial charge on any atom is -0.496 e. The fraction of sp³-hybridized carbons (Fsp3) is 0.417. The maximum atomic E-state index is 13.5. The summed E-state index contributed by atoms with van der Waals surface area (Å²) in [4.78, 5) is 37.7. The van der Waals surface area contributed by atoms with Gasteiger partial charge < -0.3 is 25.4 Å². The highest BCUT2D eigenvalue weighted by Crippen LogP contribution is 2.36. The molecule has 0 unspecified atom stereocenters. The van der Waals surface area contributed by atoms with Gasteiger partial charge >= 0.3 is 5.97 Å². The maximum absolute atomic E-state index is 13.5. The molecule has 2 saturated heterocycles. The van der Waals surface area contributed by atoms with Crippen LogP contribution in [0.1, 0.15) is 24.8 Å². The largest absolute Gasteiger partial charge is 0.496 e. The first kappa shape index (κ1) is 26.0.